The summed E-state index contributed by atoms with van der Waals surface area (Å²) in [6.07, 6.45) is 0.437. The monoisotopic (exact) mass is 296 g/mol. The number of hydrogen-bond acceptors (Lipinski definition) is 3. The first kappa shape index (κ1) is 15.1. The Labute approximate surface area is 125 Å². The summed E-state index contributed by atoms with van der Waals surface area (Å²) in [7, 11) is 1.64. The average molecular weight is 297 g/mol. The first-order valence-corrected chi connectivity index (χ1v) is 7.45. The summed E-state index contributed by atoms with van der Waals surface area (Å²) in [4.78, 5) is 16.5. The molecule has 0 spiro atoms. The second kappa shape index (κ2) is 7.50. The van der Waals surface area contributed by atoms with Gasteiger partial charge in [-0.05, 0) is 17.7 Å². The van der Waals surface area contributed by atoms with Crippen molar-refractivity contribution in [2.45, 2.75) is 6.42 Å². The maximum Gasteiger partial charge on any atom is 0.227 e. The Morgan fingerprint density at radius 3 is 2.70 bits per heavy atom. The number of benzene rings is 1. The molecule has 4 nitrogen and oxygen atoms in total. The highest BCUT2D eigenvalue weighted by Crippen LogP contribution is 2.14. The molecule has 0 atom stereocenters. The molecule has 1 heterocycles. The molecule has 2 rings (SSSR count). The molecule has 0 N–H and O–H groups in total. The van der Waals surface area contributed by atoms with Crippen LogP contribution in [0.5, 0.6) is 5.75 Å². The lowest BCUT2D eigenvalue weighted by Crippen LogP contribution is -2.49. The van der Waals surface area contributed by atoms with Gasteiger partial charge in [0.15, 0.2) is 0 Å². The third-order valence-electron chi connectivity index (χ3n) is 3.62. The highest BCUT2D eigenvalue weighted by Gasteiger charge is 2.20. The zero-order valence-corrected chi connectivity index (χ0v) is 12.6. The maximum absolute atomic E-state index is 12.3. The predicted octanol–water partition coefficient (Wildman–Crippen LogP) is 1.62. The summed E-state index contributed by atoms with van der Waals surface area (Å²) in [5.74, 6) is 1.63. The molecule has 1 amide bonds. The molecule has 1 saturated heterocycles. The number of rotatable bonds is 5. The van der Waals surface area contributed by atoms with Gasteiger partial charge >= 0.3 is 0 Å². The predicted molar refractivity (Wildman–Crippen MR) is 80.4 cm³/mol. The number of hydrogen-bond donors (Lipinski definition) is 0. The third-order valence-corrected chi connectivity index (χ3v) is 3.78. The number of ether oxygens (including phenoxy) is 1. The van der Waals surface area contributed by atoms with Crippen LogP contribution in [0.4, 0.5) is 0 Å². The lowest BCUT2D eigenvalue weighted by molar-refractivity contribution is -0.132. The largest absolute Gasteiger partial charge is 0.497 e. The van der Waals surface area contributed by atoms with E-state index in [1.165, 1.54) is 0 Å². The Hall–Kier alpha value is -1.26. The van der Waals surface area contributed by atoms with Crippen molar-refractivity contribution in [3.05, 3.63) is 29.8 Å². The number of amides is 1. The molecule has 1 fully saturated rings. The van der Waals surface area contributed by atoms with Gasteiger partial charge in [-0.2, -0.15) is 0 Å². The van der Waals surface area contributed by atoms with E-state index in [-0.39, 0.29) is 5.91 Å². The lowest BCUT2D eigenvalue weighted by Gasteiger charge is -2.34. The Morgan fingerprint density at radius 1 is 1.30 bits per heavy atom. The molecule has 110 valence electrons. The zero-order chi connectivity index (χ0) is 14.4. The fraction of sp³-hybridized carbons (Fsp3) is 0.533. The van der Waals surface area contributed by atoms with Gasteiger partial charge in [0, 0.05) is 38.6 Å². The minimum Gasteiger partial charge on any atom is -0.497 e. The number of halogens is 1. The maximum atomic E-state index is 12.3. The summed E-state index contributed by atoms with van der Waals surface area (Å²) in [6.45, 7) is 4.31. The minimum absolute atomic E-state index is 0.184. The fourth-order valence-electron chi connectivity index (χ4n) is 2.41. The molecule has 20 heavy (non-hydrogen) atoms. The summed E-state index contributed by atoms with van der Waals surface area (Å²) in [5, 5.41) is 0. The Bertz CT molecular complexity index is 445. The van der Waals surface area contributed by atoms with E-state index in [4.69, 9.17) is 16.3 Å². The van der Waals surface area contributed by atoms with Gasteiger partial charge in [-0.3, -0.25) is 9.69 Å². The van der Waals surface area contributed by atoms with Gasteiger partial charge in [-0.25, -0.2) is 0 Å². The van der Waals surface area contributed by atoms with Gasteiger partial charge in [0.25, 0.3) is 0 Å². The van der Waals surface area contributed by atoms with Gasteiger partial charge in [-0.1, -0.05) is 12.1 Å². The highest BCUT2D eigenvalue weighted by atomic mass is 35.5. The molecule has 0 bridgehead atoms. The average Bonchev–Trinajstić information content (AvgIpc) is 2.48. The van der Waals surface area contributed by atoms with E-state index >= 15 is 0 Å². The molecule has 0 aliphatic carbocycles. The Morgan fingerprint density at radius 2 is 2.05 bits per heavy atom. The lowest BCUT2D eigenvalue weighted by atomic mass is 10.1. The molecule has 0 radical (unpaired) electrons. The SMILES string of the molecule is COc1cccc(CC(=O)N2CCN(CCCl)CC2)c1. The smallest absolute Gasteiger partial charge is 0.227 e. The van der Waals surface area contributed by atoms with E-state index in [1.807, 2.05) is 29.2 Å². The highest BCUT2D eigenvalue weighted by molar-refractivity contribution is 6.18. The summed E-state index contributed by atoms with van der Waals surface area (Å²) >= 11 is 5.74. The van der Waals surface area contributed by atoms with Crippen LogP contribution < -0.4 is 4.74 Å². The van der Waals surface area contributed by atoms with Crippen molar-refractivity contribution in [1.82, 2.24) is 9.80 Å². The van der Waals surface area contributed by atoms with Gasteiger partial charge in [0.05, 0.1) is 13.5 Å². The van der Waals surface area contributed by atoms with Gasteiger partial charge < -0.3 is 9.64 Å². The van der Waals surface area contributed by atoms with Crippen molar-refractivity contribution in [3.63, 3.8) is 0 Å². The number of piperazine rings is 1. The summed E-state index contributed by atoms with van der Waals surface area (Å²) < 4.78 is 5.18. The van der Waals surface area contributed by atoms with Crippen LogP contribution in [0.2, 0.25) is 0 Å². The van der Waals surface area contributed by atoms with Crippen molar-refractivity contribution in [2.75, 3.05) is 45.7 Å². The van der Waals surface area contributed by atoms with Crippen LogP contribution in [0, 0.1) is 0 Å². The molecule has 1 aliphatic rings. The first-order chi connectivity index (χ1) is 9.72. The van der Waals surface area contributed by atoms with Crippen LogP contribution in [0.1, 0.15) is 5.56 Å². The van der Waals surface area contributed by atoms with Gasteiger partial charge in [0.1, 0.15) is 5.75 Å². The van der Waals surface area contributed by atoms with Crippen molar-refractivity contribution >= 4 is 17.5 Å². The molecule has 5 heteroatoms. The fourth-order valence-corrected chi connectivity index (χ4v) is 2.65. The number of nitrogens with zero attached hydrogens (tertiary/aromatic N) is 2. The molecule has 1 aromatic rings. The van der Waals surface area contributed by atoms with E-state index in [0.29, 0.717) is 12.3 Å². The van der Waals surface area contributed by atoms with Crippen LogP contribution in [0.3, 0.4) is 0 Å². The Kier molecular flexibility index (Phi) is 5.68. The van der Waals surface area contributed by atoms with E-state index < -0.39 is 0 Å². The number of alkyl halides is 1. The molecule has 1 aromatic carbocycles. The topological polar surface area (TPSA) is 32.8 Å². The molecule has 0 saturated carbocycles. The third kappa shape index (κ3) is 4.12. The zero-order valence-electron chi connectivity index (χ0n) is 11.8. The van der Waals surface area contributed by atoms with Gasteiger partial charge in [0.2, 0.25) is 5.91 Å². The van der Waals surface area contributed by atoms with Crippen LogP contribution in [-0.2, 0) is 11.2 Å². The molecular weight excluding hydrogens is 276 g/mol. The van der Waals surface area contributed by atoms with E-state index in [2.05, 4.69) is 4.90 Å². The molecule has 1 aliphatic heterocycles. The molecular formula is C15H21ClN2O2. The number of carbonyl (C=O) groups excluding carboxylic acids is 1. The summed E-state index contributed by atoms with van der Waals surface area (Å²) in [5.41, 5.74) is 0.998. The standard InChI is InChI=1S/C15H21ClN2O2/c1-20-14-4-2-3-13(11-14)12-15(19)18-9-7-17(6-5-16)8-10-18/h2-4,11H,5-10,12H2,1H3. The van der Waals surface area contributed by atoms with Crippen LogP contribution >= 0.6 is 11.6 Å². The van der Waals surface area contributed by atoms with Crippen molar-refractivity contribution < 1.29 is 9.53 Å². The first-order valence-electron chi connectivity index (χ1n) is 6.92. The normalized spacial score (nSPS) is 16.2. The summed E-state index contributed by atoms with van der Waals surface area (Å²) in [6, 6.07) is 7.69. The van der Waals surface area contributed by atoms with E-state index in [9.17, 15) is 4.79 Å². The number of methoxy groups -OCH3 is 1. The van der Waals surface area contributed by atoms with E-state index in [0.717, 1.165) is 44.0 Å². The van der Waals surface area contributed by atoms with Crippen LogP contribution in [0.15, 0.2) is 24.3 Å². The minimum atomic E-state index is 0.184. The van der Waals surface area contributed by atoms with Crippen molar-refractivity contribution in [2.24, 2.45) is 0 Å². The Balaban J connectivity index is 1.86. The molecule has 0 aromatic heterocycles. The quantitative estimate of drug-likeness (QED) is 0.774. The second-order valence-electron chi connectivity index (χ2n) is 4.94. The van der Waals surface area contributed by atoms with Crippen LogP contribution in [0.25, 0.3) is 0 Å². The van der Waals surface area contributed by atoms with Crippen LogP contribution in [-0.4, -0.2) is 61.4 Å². The molecule has 0 unspecified atom stereocenters. The van der Waals surface area contributed by atoms with Gasteiger partial charge in [-0.15, -0.1) is 11.6 Å². The van der Waals surface area contributed by atoms with E-state index in [1.54, 1.807) is 7.11 Å². The number of carbonyl (C=O) groups is 1. The van der Waals surface area contributed by atoms with Crippen molar-refractivity contribution in [3.8, 4) is 5.75 Å². The van der Waals surface area contributed by atoms with Crippen molar-refractivity contribution in [1.29, 1.82) is 0 Å². The second-order valence-corrected chi connectivity index (χ2v) is 5.32.